The average Bonchev–Trinajstić information content (AvgIpc) is 2.80. The summed E-state index contributed by atoms with van der Waals surface area (Å²) in [6.45, 7) is 3.59. The zero-order chi connectivity index (χ0) is 14.0. The number of nitrogens with zero attached hydrogens (tertiary/aromatic N) is 2. The van der Waals surface area contributed by atoms with Crippen molar-refractivity contribution in [3.05, 3.63) is 18.2 Å². The number of rotatable bonds is 3. The third-order valence-corrected chi connectivity index (χ3v) is 3.77. The fraction of sp³-hybridized carbons (Fsp3) is 0.500. The molecule has 4 N–H and O–H groups in total. The summed E-state index contributed by atoms with van der Waals surface area (Å²) in [6, 6.07) is 5.35. The molecule has 0 bridgehead atoms. The molecule has 104 valence electrons. The third kappa shape index (κ3) is 2.66. The molecule has 1 unspecified atom stereocenters. The third-order valence-electron chi connectivity index (χ3n) is 3.77. The van der Waals surface area contributed by atoms with Gasteiger partial charge < -0.3 is 16.4 Å². The molecule has 0 spiro atoms. The standard InChI is InChI=1S/C14H22N4O/c1-3-18(10-6-7-11(15)12(16)9-10)14(19)13-5-4-8-17(13)2/h6-7,9,13H,3-5,8,15-16H2,1-2H3. The minimum atomic E-state index is -0.0151. The van der Waals surface area contributed by atoms with Crippen LogP contribution in [-0.4, -0.2) is 37.0 Å². The minimum Gasteiger partial charge on any atom is -0.397 e. The SMILES string of the molecule is CCN(C(=O)C1CCCN1C)c1ccc(N)c(N)c1. The molecule has 1 amide bonds. The summed E-state index contributed by atoms with van der Waals surface area (Å²) in [7, 11) is 2.00. The molecule has 0 saturated carbocycles. The Hall–Kier alpha value is -1.75. The summed E-state index contributed by atoms with van der Waals surface area (Å²) < 4.78 is 0. The lowest BCUT2D eigenvalue weighted by Crippen LogP contribution is -2.44. The number of hydrogen-bond acceptors (Lipinski definition) is 4. The molecule has 1 heterocycles. The molecule has 19 heavy (non-hydrogen) atoms. The van der Waals surface area contributed by atoms with Crippen molar-refractivity contribution in [3.8, 4) is 0 Å². The van der Waals surface area contributed by atoms with Gasteiger partial charge in [-0.1, -0.05) is 0 Å². The van der Waals surface area contributed by atoms with E-state index in [-0.39, 0.29) is 11.9 Å². The second-order valence-electron chi connectivity index (χ2n) is 5.03. The molecule has 5 heteroatoms. The summed E-state index contributed by atoms with van der Waals surface area (Å²) >= 11 is 0. The number of likely N-dealkylation sites (tertiary alicyclic amines) is 1. The molecule has 1 saturated heterocycles. The van der Waals surface area contributed by atoms with Gasteiger partial charge in [-0.2, -0.15) is 0 Å². The highest BCUT2D eigenvalue weighted by Crippen LogP contribution is 2.25. The highest BCUT2D eigenvalue weighted by Gasteiger charge is 2.31. The summed E-state index contributed by atoms with van der Waals surface area (Å²) in [6.07, 6.45) is 2.00. The predicted octanol–water partition coefficient (Wildman–Crippen LogP) is 1.30. The van der Waals surface area contributed by atoms with Gasteiger partial charge in [0.15, 0.2) is 0 Å². The number of anilines is 3. The number of carbonyl (C=O) groups is 1. The molecular weight excluding hydrogens is 240 g/mol. The molecule has 1 aromatic carbocycles. The lowest BCUT2D eigenvalue weighted by molar-refractivity contribution is -0.122. The van der Waals surface area contributed by atoms with Crippen molar-refractivity contribution in [2.24, 2.45) is 0 Å². The molecule has 0 radical (unpaired) electrons. The van der Waals surface area contributed by atoms with E-state index in [0.29, 0.717) is 17.9 Å². The van der Waals surface area contributed by atoms with Crippen LogP contribution < -0.4 is 16.4 Å². The van der Waals surface area contributed by atoms with E-state index in [4.69, 9.17) is 11.5 Å². The predicted molar refractivity (Wildman–Crippen MR) is 78.9 cm³/mol. The normalized spacial score (nSPS) is 19.6. The Kier molecular flexibility index (Phi) is 3.95. The van der Waals surface area contributed by atoms with Crippen molar-refractivity contribution in [3.63, 3.8) is 0 Å². The zero-order valence-electron chi connectivity index (χ0n) is 11.6. The van der Waals surface area contributed by atoms with E-state index in [1.54, 1.807) is 17.0 Å². The van der Waals surface area contributed by atoms with Crippen LogP contribution >= 0.6 is 0 Å². The van der Waals surface area contributed by atoms with Crippen LogP contribution in [0, 0.1) is 0 Å². The van der Waals surface area contributed by atoms with Crippen LogP contribution in [0.1, 0.15) is 19.8 Å². The van der Waals surface area contributed by atoms with E-state index in [9.17, 15) is 4.79 Å². The topological polar surface area (TPSA) is 75.6 Å². The molecular formula is C14H22N4O. The number of carbonyl (C=O) groups excluding carboxylic acids is 1. The van der Waals surface area contributed by atoms with Gasteiger partial charge in [0.25, 0.3) is 0 Å². The van der Waals surface area contributed by atoms with Gasteiger partial charge >= 0.3 is 0 Å². The summed E-state index contributed by atoms with van der Waals surface area (Å²) in [5.41, 5.74) is 13.4. The van der Waals surface area contributed by atoms with Crippen LogP contribution in [0.5, 0.6) is 0 Å². The highest BCUT2D eigenvalue weighted by atomic mass is 16.2. The molecule has 1 fully saturated rings. The average molecular weight is 262 g/mol. The smallest absolute Gasteiger partial charge is 0.244 e. The van der Waals surface area contributed by atoms with Gasteiger partial charge in [0.05, 0.1) is 17.4 Å². The first kappa shape index (κ1) is 13.7. The Labute approximate surface area is 114 Å². The van der Waals surface area contributed by atoms with Crippen LogP contribution in [0.2, 0.25) is 0 Å². The number of likely N-dealkylation sites (N-methyl/N-ethyl adjacent to an activating group) is 2. The number of amides is 1. The van der Waals surface area contributed by atoms with Gasteiger partial charge in [-0.05, 0) is 51.6 Å². The minimum absolute atomic E-state index is 0.0151. The van der Waals surface area contributed by atoms with Gasteiger partial charge in [0, 0.05) is 12.2 Å². The Balaban J connectivity index is 2.23. The largest absolute Gasteiger partial charge is 0.397 e. The Bertz CT molecular complexity index is 475. The number of nitrogen functional groups attached to an aromatic ring is 2. The van der Waals surface area contributed by atoms with Crippen molar-refractivity contribution >= 4 is 23.0 Å². The summed E-state index contributed by atoms with van der Waals surface area (Å²) in [5.74, 6) is 0.145. The zero-order valence-corrected chi connectivity index (χ0v) is 11.6. The molecule has 0 aromatic heterocycles. The molecule has 5 nitrogen and oxygen atoms in total. The van der Waals surface area contributed by atoms with Crippen molar-refractivity contribution in [1.82, 2.24) is 4.90 Å². The Morgan fingerprint density at radius 2 is 2.16 bits per heavy atom. The van der Waals surface area contributed by atoms with Crippen molar-refractivity contribution in [2.45, 2.75) is 25.8 Å². The Morgan fingerprint density at radius 3 is 2.68 bits per heavy atom. The highest BCUT2D eigenvalue weighted by molar-refractivity contribution is 5.98. The van der Waals surface area contributed by atoms with Gasteiger partial charge in [0.1, 0.15) is 0 Å². The van der Waals surface area contributed by atoms with Crippen LogP contribution in [0.15, 0.2) is 18.2 Å². The van der Waals surface area contributed by atoms with Crippen molar-refractivity contribution in [2.75, 3.05) is 36.5 Å². The lowest BCUT2D eigenvalue weighted by Gasteiger charge is -2.28. The molecule has 2 rings (SSSR count). The fourth-order valence-corrected chi connectivity index (χ4v) is 2.60. The second kappa shape index (κ2) is 5.48. The monoisotopic (exact) mass is 262 g/mol. The molecule has 1 aliphatic heterocycles. The summed E-state index contributed by atoms with van der Waals surface area (Å²) in [5, 5.41) is 0. The number of benzene rings is 1. The van der Waals surface area contributed by atoms with Crippen molar-refractivity contribution in [1.29, 1.82) is 0 Å². The molecule has 1 aliphatic rings. The van der Waals surface area contributed by atoms with Gasteiger partial charge in [-0.3, -0.25) is 9.69 Å². The van der Waals surface area contributed by atoms with Gasteiger partial charge in [0.2, 0.25) is 5.91 Å². The number of nitrogens with two attached hydrogens (primary N) is 2. The quantitative estimate of drug-likeness (QED) is 0.805. The van der Waals surface area contributed by atoms with E-state index in [1.165, 1.54) is 0 Å². The molecule has 1 atom stereocenters. The van der Waals surface area contributed by atoms with E-state index >= 15 is 0 Å². The van der Waals surface area contributed by atoms with Crippen LogP contribution in [-0.2, 0) is 4.79 Å². The molecule has 1 aromatic rings. The first-order valence-electron chi connectivity index (χ1n) is 6.71. The van der Waals surface area contributed by atoms with Crippen LogP contribution in [0.3, 0.4) is 0 Å². The molecule has 0 aliphatic carbocycles. The first-order chi connectivity index (χ1) is 9.04. The van der Waals surface area contributed by atoms with E-state index in [0.717, 1.165) is 25.1 Å². The van der Waals surface area contributed by atoms with Crippen LogP contribution in [0.25, 0.3) is 0 Å². The van der Waals surface area contributed by atoms with Gasteiger partial charge in [-0.15, -0.1) is 0 Å². The van der Waals surface area contributed by atoms with Gasteiger partial charge in [-0.25, -0.2) is 0 Å². The summed E-state index contributed by atoms with van der Waals surface area (Å²) in [4.78, 5) is 16.5. The van der Waals surface area contributed by atoms with E-state index in [2.05, 4.69) is 4.90 Å². The maximum atomic E-state index is 12.6. The van der Waals surface area contributed by atoms with Crippen LogP contribution in [0.4, 0.5) is 17.1 Å². The lowest BCUT2D eigenvalue weighted by atomic mass is 10.1. The maximum Gasteiger partial charge on any atom is 0.244 e. The van der Waals surface area contributed by atoms with Crippen molar-refractivity contribution < 1.29 is 4.79 Å². The van der Waals surface area contributed by atoms with E-state index < -0.39 is 0 Å². The van der Waals surface area contributed by atoms with E-state index in [1.807, 2.05) is 20.0 Å². The first-order valence-corrected chi connectivity index (χ1v) is 6.71. The second-order valence-corrected chi connectivity index (χ2v) is 5.03. The Morgan fingerprint density at radius 1 is 1.42 bits per heavy atom. The fourth-order valence-electron chi connectivity index (χ4n) is 2.60. The number of hydrogen-bond donors (Lipinski definition) is 2. The maximum absolute atomic E-state index is 12.6.